The largest absolute Gasteiger partial charge is 0.272 e. The first-order valence-corrected chi connectivity index (χ1v) is 3.61. The molecule has 11 heavy (non-hydrogen) atoms. The summed E-state index contributed by atoms with van der Waals surface area (Å²) in [6, 6.07) is 0. The zero-order valence-corrected chi connectivity index (χ0v) is 6.46. The third-order valence-electron chi connectivity index (χ3n) is 1.77. The molecule has 1 aliphatic carbocycles. The second-order valence-electron chi connectivity index (χ2n) is 2.78. The highest BCUT2D eigenvalue weighted by atomic mass is 16.6. The van der Waals surface area contributed by atoms with Crippen LogP contribution < -0.4 is 5.48 Å². The van der Waals surface area contributed by atoms with Crippen molar-refractivity contribution in [2.45, 2.75) is 13.3 Å². The Kier molecular flexibility index (Phi) is 2.50. The molecule has 1 N–H and O–H groups in total. The Bertz CT molecular complexity index is 195. The smallest absolute Gasteiger partial charge is 0.246 e. The molecule has 1 fully saturated rings. The maximum Gasteiger partial charge on any atom is 0.246 e. The molecule has 0 heterocycles. The lowest BCUT2D eigenvalue weighted by atomic mass is 10.3. The van der Waals surface area contributed by atoms with E-state index in [9.17, 15) is 4.79 Å². The topological polar surface area (TPSA) is 38.3 Å². The molecule has 3 heteroatoms. The third kappa shape index (κ3) is 2.24. The van der Waals surface area contributed by atoms with E-state index in [1.165, 1.54) is 0 Å². The van der Waals surface area contributed by atoms with E-state index < -0.39 is 0 Å². The number of hydroxylamine groups is 1. The van der Waals surface area contributed by atoms with Gasteiger partial charge in [-0.3, -0.25) is 9.63 Å². The number of rotatable bonds is 3. The summed E-state index contributed by atoms with van der Waals surface area (Å²) in [4.78, 5) is 15.6. The zero-order valence-electron chi connectivity index (χ0n) is 6.46. The van der Waals surface area contributed by atoms with E-state index in [0.29, 0.717) is 5.92 Å². The third-order valence-corrected chi connectivity index (χ3v) is 1.77. The van der Waals surface area contributed by atoms with Crippen LogP contribution in [-0.4, -0.2) is 12.5 Å². The number of amides is 1. The van der Waals surface area contributed by atoms with E-state index in [2.05, 4.69) is 16.2 Å². The Morgan fingerprint density at radius 1 is 1.91 bits per heavy atom. The van der Waals surface area contributed by atoms with Crippen LogP contribution in [0, 0.1) is 24.2 Å². The molecule has 1 rings (SSSR count). The van der Waals surface area contributed by atoms with Crippen LogP contribution in [0.15, 0.2) is 0 Å². The van der Waals surface area contributed by atoms with Crippen LogP contribution in [-0.2, 0) is 9.63 Å². The lowest BCUT2D eigenvalue weighted by Gasteiger charge is -2.00. The van der Waals surface area contributed by atoms with Crippen molar-refractivity contribution in [1.29, 1.82) is 0 Å². The minimum Gasteiger partial charge on any atom is -0.272 e. The van der Waals surface area contributed by atoms with Gasteiger partial charge in [0.15, 0.2) is 0 Å². The lowest BCUT2D eigenvalue weighted by molar-refractivity contribution is -0.134. The molecule has 0 aliphatic heterocycles. The van der Waals surface area contributed by atoms with Crippen LogP contribution in [0.4, 0.5) is 0 Å². The van der Waals surface area contributed by atoms with Gasteiger partial charge >= 0.3 is 0 Å². The monoisotopic (exact) mass is 153 g/mol. The second kappa shape index (κ2) is 3.40. The highest BCUT2D eigenvalue weighted by Gasteiger charge is 2.39. The van der Waals surface area contributed by atoms with Crippen molar-refractivity contribution in [2.24, 2.45) is 11.8 Å². The Hall–Kier alpha value is -1.01. The minimum atomic E-state index is -0.0484. The van der Waals surface area contributed by atoms with E-state index in [4.69, 9.17) is 6.42 Å². The number of hydrogen-bond donors (Lipinski definition) is 1. The number of carbonyl (C=O) groups is 1. The number of carbonyl (C=O) groups excluding carboxylic acids is 1. The number of hydrogen-bond acceptors (Lipinski definition) is 2. The summed E-state index contributed by atoms with van der Waals surface area (Å²) in [6.07, 6.45) is 5.87. The van der Waals surface area contributed by atoms with Crippen LogP contribution in [0.3, 0.4) is 0 Å². The molecule has 0 radical (unpaired) electrons. The molecule has 0 spiro atoms. The SMILES string of the molecule is C#CCONC(=O)[C@@H]1C[C@H]1C. The summed E-state index contributed by atoms with van der Waals surface area (Å²) in [6.45, 7) is 2.16. The van der Waals surface area contributed by atoms with E-state index >= 15 is 0 Å². The second-order valence-corrected chi connectivity index (χ2v) is 2.78. The van der Waals surface area contributed by atoms with Crippen molar-refractivity contribution in [3.63, 3.8) is 0 Å². The minimum absolute atomic E-state index is 0.0484. The zero-order chi connectivity index (χ0) is 8.27. The Morgan fingerprint density at radius 2 is 2.55 bits per heavy atom. The molecular weight excluding hydrogens is 142 g/mol. The van der Waals surface area contributed by atoms with Gasteiger partial charge in [0.25, 0.3) is 0 Å². The molecule has 0 aromatic rings. The fourth-order valence-corrected chi connectivity index (χ4v) is 0.912. The molecular formula is C8H11NO2. The van der Waals surface area contributed by atoms with Crippen LogP contribution in [0.1, 0.15) is 13.3 Å². The van der Waals surface area contributed by atoms with E-state index in [1.54, 1.807) is 0 Å². The van der Waals surface area contributed by atoms with Crippen molar-refractivity contribution < 1.29 is 9.63 Å². The highest BCUT2D eigenvalue weighted by molar-refractivity contribution is 5.80. The Morgan fingerprint density at radius 3 is 3.00 bits per heavy atom. The van der Waals surface area contributed by atoms with Crippen LogP contribution in [0.25, 0.3) is 0 Å². The van der Waals surface area contributed by atoms with Gasteiger partial charge in [0.05, 0.1) is 0 Å². The Labute approximate surface area is 66.1 Å². The molecule has 2 atom stereocenters. The molecule has 0 aromatic carbocycles. The molecule has 0 unspecified atom stereocenters. The summed E-state index contributed by atoms with van der Waals surface area (Å²) in [5.74, 6) is 2.86. The standard InChI is InChI=1S/C8H11NO2/c1-3-4-11-9-8(10)7-5-6(7)2/h1,6-7H,4-5H2,2H3,(H,9,10)/t6-,7-/m1/s1. The molecule has 3 nitrogen and oxygen atoms in total. The highest BCUT2D eigenvalue weighted by Crippen LogP contribution is 2.37. The summed E-state index contributed by atoms with van der Waals surface area (Å²) in [7, 11) is 0. The maximum absolute atomic E-state index is 11.0. The molecule has 1 amide bonds. The van der Waals surface area contributed by atoms with E-state index in [-0.39, 0.29) is 18.4 Å². The predicted molar refractivity (Wildman–Crippen MR) is 40.2 cm³/mol. The van der Waals surface area contributed by atoms with Gasteiger partial charge in [-0.15, -0.1) is 6.42 Å². The van der Waals surface area contributed by atoms with Crippen molar-refractivity contribution >= 4 is 5.91 Å². The van der Waals surface area contributed by atoms with Gasteiger partial charge in [-0.1, -0.05) is 12.8 Å². The first kappa shape index (κ1) is 8.09. The van der Waals surface area contributed by atoms with Crippen molar-refractivity contribution in [3.8, 4) is 12.3 Å². The predicted octanol–water partition coefficient (Wildman–Crippen LogP) is 0.323. The van der Waals surface area contributed by atoms with Crippen molar-refractivity contribution in [2.75, 3.05) is 6.61 Å². The summed E-state index contributed by atoms with van der Waals surface area (Å²) >= 11 is 0. The van der Waals surface area contributed by atoms with Crippen LogP contribution >= 0.6 is 0 Å². The van der Waals surface area contributed by atoms with Crippen molar-refractivity contribution in [3.05, 3.63) is 0 Å². The van der Waals surface area contributed by atoms with Gasteiger partial charge in [-0.25, -0.2) is 5.48 Å². The van der Waals surface area contributed by atoms with Gasteiger partial charge in [0, 0.05) is 5.92 Å². The quantitative estimate of drug-likeness (QED) is 0.360. The van der Waals surface area contributed by atoms with E-state index in [0.717, 1.165) is 6.42 Å². The van der Waals surface area contributed by atoms with Gasteiger partial charge in [0.2, 0.25) is 5.91 Å². The van der Waals surface area contributed by atoms with Crippen LogP contribution in [0.2, 0.25) is 0 Å². The Balaban J connectivity index is 2.08. The molecule has 0 saturated heterocycles. The first-order valence-electron chi connectivity index (χ1n) is 3.61. The lowest BCUT2D eigenvalue weighted by Crippen LogP contribution is -2.25. The van der Waals surface area contributed by atoms with Crippen molar-refractivity contribution in [1.82, 2.24) is 5.48 Å². The summed E-state index contributed by atoms with van der Waals surface area (Å²) in [5, 5.41) is 0. The first-order chi connectivity index (χ1) is 5.25. The normalized spacial score (nSPS) is 27.3. The average Bonchev–Trinajstić information content (AvgIpc) is 2.67. The van der Waals surface area contributed by atoms with E-state index in [1.807, 2.05) is 6.92 Å². The average molecular weight is 153 g/mol. The molecule has 0 bridgehead atoms. The molecule has 1 saturated carbocycles. The van der Waals surface area contributed by atoms with Gasteiger partial charge in [-0.05, 0) is 12.3 Å². The maximum atomic E-state index is 11.0. The molecule has 0 aromatic heterocycles. The fourth-order valence-electron chi connectivity index (χ4n) is 0.912. The van der Waals surface area contributed by atoms with Crippen LogP contribution in [0.5, 0.6) is 0 Å². The van der Waals surface area contributed by atoms with Gasteiger partial charge in [-0.2, -0.15) is 0 Å². The molecule has 1 aliphatic rings. The number of terminal acetylenes is 1. The van der Waals surface area contributed by atoms with Gasteiger partial charge in [0.1, 0.15) is 6.61 Å². The van der Waals surface area contributed by atoms with Gasteiger partial charge < -0.3 is 0 Å². The summed E-state index contributed by atoms with van der Waals surface area (Å²) < 4.78 is 0. The molecule has 60 valence electrons. The summed E-state index contributed by atoms with van der Waals surface area (Å²) in [5.41, 5.74) is 2.29. The number of nitrogens with one attached hydrogen (secondary N) is 1. The fraction of sp³-hybridized carbons (Fsp3) is 0.625.